The number of carbonyl (C=O) groups is 6. The highest BCUT2D eigenvalue weighted by Gasteiger charge is 2.24. The minimum Gasteiger partial charge on any atom is -0.419 e. The summed E-state index contributed by atoms with van der Waals surface area (Å²) in [6, 6.07) is 9.66. The Morgan fingerprint density at radius 1 is 0.196 bits per heavy atom. The average molecular weight is 1410 g/mol. The van der Waals surface area contributed by atoms with Crippen LogP contribution in [0.3, 0.4) is 0 Å². The zero-order valence-corrected chi connectivity index (χ0v) is 64.2. The summed E-state index contributed by atoms with van der Waals surface area (Å²) in [6.07, 6.45) is 70.6. The molecular weight excluding hydrogens is 1270 g/mol. The van der Waals surface area contributed by atoms with Crippen LogP contribution in [0.15, 0.2) is 109 Å². The van der Waals surface area contributed by atoms with Gasteiger partial charge >= 0.3 is 35.8 Å². The van der Waals surface area contributed by atoms with Gasteiger partial charge < -0.3 is 28.4 Å². The topological polar surface area (TPSA) is 158 Å². The third-order valence-electron chi connectivity index (χ3n) is 18.8. The van der Waals surface area contributed by atoms with Gasteiger partial charge in [-0.05, 0) is 146 Å². The van der Waals surface area contributed by atoms with Crippen LogP contribution in [-0.2, 0) is 28.8 Å². The van der Waals surface area contributed by atoms with Crippen molar-refractivity contribution in [1.29, 1.82) is 0 Å². The van der Waals surface area contributed by atoms with Crippen molar-refractivity contribution >= 4 is 68.1 Å². The number of ether oxygens (including phenoxy) is 6. The van der Waals surface area contributed by atoms with Gasteiger partial charge in [-0.3, -0.25) is 0 Å². The summed E-state index contributed by atoms with van der Waals surface area (Å²) in [5.41, 5.74) is 0. The number of rotatable bonds is 60. The van der Waals surface area contributed by atoms with Gasteiger partial charge in [0.15, 0.2) is 34.5 Å². The fraction of sp³-hybridized carbons (Fsp3) is 0.600. The number of hydrogen-bond donors (Lipinski definition) is 0. The Morgan fingerprint density at radius 2 is 0.314 bits per heavy atom. The highest BCUT2D eigenvalue weighted by molar-refractivity contribution is 6.27. The van der Waals surface area contributed by atoms with E-state index < -0.39 is 35.8 Å². The van der Waals surface area contributed by atoms with Crippen molar-refractivity contribution in [2.45, 2.75) is 350 Å². The van der Waals surface area contributed by atoms with E-state index in [-0.39, 0.29) is 34.5 Å². The largest absolute Gasteiger partial charge is 0.419 e. The average Bonchev–Trinajstić information content (AvgIpc) is 0.726. The molecule has 0 fully saturated rings. The lowest BCUT2D eigenvalue weighted by Gasteiger charge is -2.18. The second-order valence-electron chi connectivity index (χ2n) is 27.9. The van der Waals surface area contributed by atoms with Gasteiger partial charge in [0.2, 0.25) is 0 Å². The Labute approximate surface area is 615 Å². The summed E-state index contributed by atoms with van der Waals surface area (Å²) in [5.74, 6) is -4.49. The van der Waals surface area contributed by atoms with Crippen LogP contribution in [0.5, 0.6) is 34.5 Å². The first-order valence-corrected chi connectivity index (χ1v) is 40.8. The van der Waals surface area contributed by atoms with Crippen molar-refractivity contribution in [2.75, 3.05) is 0 Å². The predicted molar refractivity (Wildman–Crippen MR) is 423 cm³/mol. The lowest BCUT2D eigenvalue weighted by atomic mass is 9.93. The molecule has 0 saturated carbocycles. The molecule has 0 aromatic heterocycles. The summed E-state index contributed by atoms with van der Waals surface area (Å²) in [5, 5.41) is 2.62. The van der Waals surface area contributed by atoms with Crippen LogP contribution >= 0.6 is 0 Å². The second-order valence-corrected chi connectivity index (χ2v) is 27.9. The van der Waals surface area contributed by atoms with Crippen LogP contribution in [0.2, 0.25) is 0 Å². The van der Waals surface area contributed by atoms with Crippen LogP contribution in [0, 0.1) is 0 Å². The Bertz CT molecular complexity index is 2650. The SMILES string of the molecule is CCCCCCCCCC=CC(=O)Oc1cc2c(cc1OC(=O)/C=C/CCCCCCCCC)c1cc(OC(=O)/C=C/CCCCCCCCC)c(OC(=O)C=CCCCCCCCCC)cc1c1cc(OC(=O)/C=C/CCCCCCCCC)c(OC(=O)/C=C/CCCCCCCCC)cc21. The maximum Gasteiger partial charge on any atom is 0.335 e. The summed E-state index contributed by atoms with van der Waals surface area (Å²) in [7, 11) is 0. The van der Waals surface area contributed by atoms with Gasteiger partial charge in [0.05, 0.1) is 0 Å². The molecule has 0 unspecified atom stereocenters. The van der Waals surface area contributed by atoms with Crippen LogP contribution in [-0.4, -0.2) is 35.8 Å². The first-order valence-electron chi connectivity index (χ1n) is 40.8. The van der Waals surface area contributed by atoms with Gasteiger partial charge in [-0.1, -0.05) is 309 Å². The van der Waals surface area contributed by atoms with Crippen molar-refractivity contribution in [3.05, 3.63) is 109 Å². The molecule has 0 spiro atoms. The number of benzene rings is 4. The van der Waals surface area contributed by atoms with E-state index in [0.717, 1.165) is 116 Å². The molecule has 564 valence electrons. The summed E-state index contributed by atoms with van der Waals surface area (Å²) in [6.45, 7) is 13.2. The number of esters is 6. The molecule has 4 aromatic carbocycles. The highest BCUT2D eigenvalue weighted by Crippen LogP contribution is 2.48. The van der Waals surface area contributed by atoms with Crippen LogP contribution < -0.4 is 28.4 Å². The summed E-state index contributed by atoms with van der Waals surface area (Å²) >= 11 is 0. The lowest BCUT2D eigenvalue weighted by Crippen LogP contribution is -2.10. The van der Waals surface area contributed by atoms with Gasteiger partial charge in [-0.25, -0.2) is 28.8 Å². The summed E-state index contributed by atoms with van der Waals surface area (Å²) < 4.78 is 37.2. The first-order chi connectivity index (χ1) is 50.0. The minimum absolute atomic E-state index is 0.0671. The van der Waals surface area contributed by atoms with E-state index in [1.54, 1.807) is 72.9 Å². The molecule has 12 nitrogen and oxygen atoms in total. The third kappa shape index (κ3) is 38.4. The third-order valence-corrected chi connectivity index (χ3v) is 18.8. The Morgan fingerprint density at radius 3 is 0.441 bits per heavy atom. The molecule has 12 heteroatoms. The Balaban J connectivity index is 2.01. The van der Waals surface area contributed by atoms with E-state index in [0.29, 0.717) is 70.8 Å². The van der Waals surface area contributed by atoms with Gasteiger partial charge in [-0.15, -0.1) is 0 Å². The number of allylic oxidation sites excluding steroid dienone is 6. The highest BCUT2D eigenvalue weighted by atomic mass is 16.6. The molecule has 102 heavy (non-hydrogen) atoms. The molecule has 0 aliphatic heterocycles. The zero-order chi connectivity index (χ0) is 73.3. The Hall–Kier alpha value is -7.08. The van der Waals surface area contributed by atoms with Gasteiger partial charge in [0.1, 0.15) is 0 Å². The Kier molecular flexibility index (Phi) is 49.1. The number of carbonyl (C=O) groups excluding carboxylic acids is 6. The van der Waals surface area contributed by atoms with E-state index in [4.69, 9.17) is 28.4 Å². The second kappa shape index (κ2) is 57.3. The molecule has 0 heterocycles. The fourth-order valence-electron chi connectivity index (χ4n) is 12.7. The fourth-order valence-corrected chi connectivity index (χ4v) is 12.7. The molecule has 4 rings (SSSR count). The van der Waals surface area contributed by atoms with Crippen molar-refractivity contribution < 1.29 is 57.2 Å². The van der Waals surface area contributed by atoms with Crippen molar-refractivity contribution in [2.24, 2.45) is 0 Å². The molecular formula is C90H132O12. The monoisotopic (exact) mass is 1400 g/mol. The maximum absolute atomic E-state index is 14.0. The molecule has 0 N–H and O–H groups in total. The molecule has 0 aliphatic rings. The van der Waals surface area contributed by atoms with E-state index in [2.05, 4.69) is 41.5 Å². The molecule has 0 aliphatic carbocycles. The van der Waals surface area contributed by atoms with E-state index >= 15 is 0 Å². The van der Waals surface area contributed by atoms with Crippen molar-refractivity contribution in [3.8, 4) is 34.5 Å². The number of unbranched alkanes of at least 4 members (excludes halogenated alkanes) is 42. The van der Waals surface area contributed by atoms with Gasteiger partial charge in [0, 0.05) is 36.5 Å². The summed E-state index contributed by atoms with van der Waals surface area (Å²) in [4.78, 5) is 84.3. The lowest BCUT2D eigenvalue weighted by molar-refractivity contribution is -0.131. The molecule has 0 atom stereocenters. The van der Waals surface area contributed by atoms with Crippen LogP contribution in [0.25, 0.3) is 32.3 Å². The molecule has 0 bridgehead atoms. The van der Waals surface area contributed by atoms with Crippen LogP contribution in [0.4, 0.5) is 0 Å². The quantitative estimate of drug-likeness (QED) is 0.0136. The molecule has 0 saturated heterocycles. The van der Waals surface area contributed by atoms with Crippen LogP contribution in [0.1, 0.15) is 350 Å². The van der Waals surface area contributed by atoms with Gasteiger partial charge in [0.25, 0.3) is 0 Å². The predicted octanol–water partition coefficient (Wildman–Crippen LogP) is 26.8. The smallest absolute Gasteiger partial charge is 0.335 e. The van der Waals surface area contributed by atoms with Crippen molar-refractivity contribution in [3.63, 3.8) is 0 Å². The minimum atomic E-state index is -0.682. The number of hydrogen-bond acceptors (Lipinski definition) is 12. The van der Waals surface area contributed by atoms with Gasteiger partial charge in [-0.2, -0.15) is 0 Å². The van der Waals surface area contributed by atoms with Crippen molar-refractivity contribution in [1.82, 2.24) is 0 Å². The van der Waals surface area contributed by atoms with E-state index in [1.807, 2.05) is 0 Å². The molecule has 0 radical (unpaired) electrons. The number of fused-ring (bicyclic) bond motifs is 6. The normalized spacial score (nSPS) is 11.9. The van der Waals surface area contributed by atoms with E-state index in [9.17, 15) is 28.8 Å². The zero-order valence-electron chi connectivity index (χ0n) is 64.2. The molecule has 0 amide bonds. The maximum atomic E-state index is 14.0. The molecule has 4 aromatic rings. The standard InChI is InChI=1S/C90H132O12/c1-7-13-19-25-31-37-43-49-55-61-85(91)97-79-67-73-74(68-80(79)98-86(92)62-56-50-44-38-32-26-20-14-8-2)76-70-82(100-88(94)64-58-52-46-40-34-28-22-16-10-4)84(102-90(96)66-60-54-48-42-36-30-24-18-12-6)72-78(76)77-71-83(101-89(95)65-59-53-47-41-35-29-23-17-11-5)81(69-75(73)77)99-87(93)63-57-51-45-39-33-27-21-15-9-3/h55-72H,7-54H2,1-6H3/b61-55+,62-56+,63-57?,64-58?,65-59+,66-60+. The van der Waals surface area contributed by atoms with E-state index in [1.165, 1.54) is 191 Å². The first kappa shape index (κ1) is 87.3.